The minimum Gasteiger partial charge on any atom is -0.479 e. The Kier molecular flexibility index (Phi) is 2.63. The molecule has 100 valence electrons. The minimum atomic E-state index is -0.955. The van der Waals surface area contributed by atoms with Crippen LogP contribution in [0.2, 0.25) is 0 Å². The molecule has 1 aromatic heterocycles. The van der Waals surface area contributed by atoms with E-state index in [1.165, 1.54) is 30.1 Å². The van der Waals surface area contributed by atoms with Gasteiger partial charge in [0.05, 0.1) is 12.9 Å². The Bertz CT molecular complexity index is 565. The molecule has 1 fully saturated rings. The third-order valence-electron chi connectivity index (χ3n) is 3.23. The van der Waals surface area contributed by atoms with Crippen LogP contribution in [0.4, 0.5) is 5.69 Å². The summed E-state index contributed by atoms with van der Waals surface area (Å²) in [6.45, 7) is 1.86. The first-order valence-electron chi connectivity index (χ1n) is 5.72. The average Bonchev–Trinajstić information content (AvgIpc) is 2.70. The molecule has 0 aromatic carbocycles. The second-order valence-electron chi connectivity index (χ2n) is 4.16. The van der Waals surface area contributed by atoms with E-state index in [0.29, 0.717) is 22.9 Å². The molecule has 2 aliphatic rings. The van der Waals surface area contributed by atoms with Crippen molar-refractivity contribution < 1.29 is 19.1 Å². The molecule has 1 saturated heterocycles. The SMILES string of the molecule is CC[C@@]12CSc3ncnc(OC)c3N1C(=O)C(=O)O2. The van der Waals surface area contributed by atoms with Gasteiger partial charge in [0.25, 0.3) is 0 Å². The molecule has 0 spiro atoms. The van der Waals surface area contributed by atoms with Crippen LogP contribution in [-0.4, -0.2) is 40.4 Å². The maximum Gasteiger partial charge on any atom is 0.399 e. The van der Waals surface area contributed by atoms with Crippen molar-refractivity contribution in [2.45, 2.75) is 24.1 Å². The van der Waals surface area contributed by atoms with Crippen molar-refractivity contribution in [1.82, 2.24) is 9.97 Å². The molecule has 0 radical (unpaired) electrons. The van der Waals surface area contributed by atoms with E-state index in [0.717, 1.165) is 0 Å². The molecule has 1 atom stereocenters. The number of carbonyl (C=O) groups is 2. The van der Waals surface area contributed by atoms with Gasteiger partial charge in [-0.05, 0) is 0 Å². The van der Waals surface area contributed by atoms with Gasteiger partial charge in [-0.15, -0.1) is 0 Å². The monoisotopic (exact) mass is 281 g/mol. The normalized spacial score (nSPS) is 24.8. The number of ether oxygens (including phenoxy) is 2. The lowest BCUT2D eigenvalue weighted by molar-refractivity contribution is -0.152. The highest BCUT2D eigenvalue weighted by atomic mass is 32.2. The van der Waals surface area contributed by atoms with E-state index in [9.17, 15) is 9.59 Å². The number of hydrogen-bond donors (Lipinski definition) is 0. The number of aromatic nitrogens is 2. The van der Waals surface area contributed by atoms with Gasteiger partial charge in [-0.2, -0.15) is 4.98 Å². The number of nitrogens with zero attached hydrogens (tertiary/aromatic N) is 3. The molecule has 0 N–H and O–H groups in total. The number of anilines is 1. The quantitative estimate of drug-likeness (QED) is 0.445. The van der Waals surface area contributed by atoms with Gasteiger partial charge in [0.2, 0.25) is 11.6 Å². The van der Waals surface area contributed by atoms with Crippen LogP contribution >= 0.6 is 11.8 Å². The molecule has 0 unspecified atom stereocenters. The summed E-state index contributed by atoms with van der Waals surface area (Å²) in [6, 6.07) is 0. The summed E-state index contributed by atoms with van der Waals surface area (Å²) in [6.07, 6.45) is 1.86. The zero-order chi connectivity index (χ0) is 13.6. The number of thioether (sulfide) groups is 1. The maximum absolute atomic E-state index is 12.1. The van der Waals surface area contributed by atoms with Crippen molar-refractivity contribution in [3.63, 3.8) is 0 Å². The number of esters is 1. The molecule has 0 aliphatic carbocycles. The van der Waals surface area contributed by atoms with E-state index in [1.54, 1.807) is 0 Å². The van der Waals surface area contributed by atoms with Crippen LogP contribution < -0.4 is 9.64 Å². The van der Waals surface area contributed by atoms with Gasteiger partial charge < -0.3 is 9.47 Å². The molecule has 8 heteroatoms. The average molecular weight is 281 g/mol. The lowest BCUT2D eigenvalue weighted by Gasteiger charge is -2.38. The Labute approximate surface area is 113 Å². The molecule has 1 amide bonds. The first kappa shape index (κ1) is 12.2. The Morgan fingerprint density at radius 1 is 1.53 bits per heavy atom. The summed E-state index contributed by atoms with van der Waals surface area (Å²) in [5.74, 6) is -0.826. The van der Waals surface area contributed by atoms with Crippen LogP contribution in [0, 0.1) is 0 Å². The third kappa shape index (κ3) is 1.52. The molecule has 3 rings (SSSR count). The van der Waals surface area contributed by atoms with Crippen LogP contribution in [0.15, 0.2) is 11.4 Å². The van der Waals surface area contributed by atoms with Crippen LogP contribution in [0.1, 0.15) is 13.3 Å². The first-order chi connectivity index (χ1) is 9.13. The van der Waals surface area contributed by atoms with Crippen molar-refractivity contribution in [3.05, 3.63) is 6.33 Å². The first-order valence-corrected chi connectivity index (χ1v) is 6.71. The molecule has 1 aromatic rings. The topological polar surface area (TPSA) is 81.6 Å². The lowest BCUT2D eigenvalue weighted by Crippen LogP contribution is -2.51. The molecule has 0 saturated carbocycles. The van der Waals surface area contributed by atoms with E-state index in [1.807, 2.05) is 6.92 Å². The van der Waals surface area contributed by atoms with E-state index in [-0.39, 0.29) is 5.88 Å². The van der Waals surface area contributed by atoms with Gasteiger partial charge in [0.1, 0.15) is 17.0 Å². The van der Waals surface area contributed by atoms with Crippen LogP contribution in [0.25, 0.3) is 0 Å². The largest absolute Gasteiger partial charge is 0.479 e. The molecule has 3 heterocycles. The predicted molar refractivity (Wildman–Crippen MR) is 65.9 cm³/mol. The maximum atomic E-state index is 12.1. The fourth-order valence-corrected chi connectivity index (χ4v) is 3.44. The molecule has 19 heavy (non-hydrogen) atoms. The summed E-state index contributed by atoms with van der Waals surface area (Å²) in [5, 5.41) is 0.613. The number of hydrogen-bond acceptors (Lipinski definition) is 7. The van der Waals surface area contributed by atoms with Crippen molar-refractivity contribution in [2.24, 2.45) is 0 Å². The number of fused-ring (bicyclic) bond motifs is 3. The fraction of sp³-hybridized carbons (Fsp3) is 0.455. The van der Waals surface area contributed by atoms with Crippen LogP contribution in [0.5, 0.6) is 5.88 Å². The van der Waals surface area contributed by atoms with E-state index < -0.39 is 17.6 Å². The number of rotatable bonds is 2. The number of amides is 1. The summed E-state index contributed by atoms with van der Waals surface area (Å²) in [4.78, 5) is 33.1. The highest BCUT2D eigenvalue weighted by Crippen LogP contribution is 2.48. The zero-order valence-corrected chi connectivity index (χ0v) is 11.2. The van der Waals surface area contributed by atoms with Crippen LogP contribution in [-0.2, 0) is 14.3 Å². The smallest absolute Gasteiger partial charge is 0.399 e. The van der Waals surface area contributed by atoms with Gasteiger partial charge in [0.15, 0.2) is 0 Å². The zero-order valence-electron chi connectivity index (χ0n) is 10.4. The highest BCUT2D eigenvalue weighted by Gasteiger charge is 2.56. The van der Waals surface area contributed by atoms with E-state index in [4.69, 9.17) is 9.47 Å². The third-order valence-corrected chi connectivity index (χ3v) is 4.39. The van der Waals surface area contributed by atoms with E-state index >= 15 is 0 Å². The van der Waals surface area contributed by atoms with Crippen molar-refractivity contribution in [3.8, 4) is 5.88 Å². The van der Waals surface area contributed by atoms with Crippen molar-refractivity contribution in [1.29, 1.82) is 0 Å². The lowest BCUT2D eigenvalue weighted by atomic mass is 10.1. The highest BCUT2D eigenvalue weighted by molar-refractivity contribution is 7.99. The second-order valence-corrected chi connectivity index (χ2v) is 5.12. The predicted octanol–water partition coefficient (Wildman–Crippen LogP) is 0.587. The Morgan fingerprint density at radius 3 is 3.00 bits per heavy atom. The van der Waals surface area contributed by atoms with Gasteiger partial charge in [-0.3, -0.25) is 9.69 Å². The standard InChI is InChI=1S/C11H11N3O4S/c1-3-11-4-19-8-6(7(17-2)12-5-13-8)14(11)9(15)10(16)18-11/h5H,3-4H2,1-2H3/t11-/m1/s1. The summed E-state index contributed by atoms with van der Waals surface area (Å²) >= 11 is 1.42. The summed E-state index contributed by atoms with van der Waals surface area (Å²) < 4.78 is 10.4. The molecule has 2 aliphatic heterocycles. The summed E-state index contributed by atoms with van der Waals surface area (Å²) in [5.41, 5.74) is -0.539. The molecular weight excluding hydrogens is 270 g/mol. The molecular formula is C11H11N3O4S. The van der Waals surface area contributed by atoms with Gasteiger partial charge in [-0.1, -0.05) is 18.7 Å². The Hall–Kier alpha value is -1.83. The van der Waals surface area contributed by atoms with Gasteiger partial charge >= 0.3 is 11.9 Å². The van der Waals surface area contributed by atoms with Crippen molar-refractivity contribution in [2.75, 3.05) is 17.8 Å². The fourth-order valence-electron chi connectivity index (χ4n) is 2.24. The van der Waals surface area contributed by atoms with Gasteiger partial charge in [0, 0.05) is 6.42 Å². The van der Waals surface area contributed by atoms with Crippen molar-refractivity contribution >= 4 is 29.3 Å². The van der Waals surface area contributed by atoms with Crippen LogP contribution in [0.3, 0.4) is 0 Å². The Balaban J connectivity index is 2.22. The molecule has 0 bridgehead atoms. The van der Waals surface area contributed by atoms with Gasteiger partial charge in [-0.25, -0.2) is 9.78 Å². The second kappa shape index (κ2) is 4.09. The van der Waals surface area contributed by atoms with E-state index in [2.05, 4.69) is 9.97 Å². The Morgan fingerprint density at radius 2 is 2.32 bits per heavy atom. The minimum absolute atomic E-state index is 0.265. The summed E-state index contributed by atoms with van der Waals surface area (Å²) in [7, 11) is 1.46. The number of carbonyl (C=O) groups excluding carboxylic acids is 2. The number of methoxy groups -OCH3 is 1. The molecule has 7 nitrogen and oxygen atoms in total.